The summed E-state index contributed by atoms with van der Waals surface area (Å²) in [5.74, 6) is -0.423. The van der Waals surface area contributed by atoms with Gasteiger partial charge in [-0.15, -0.1) is 0 Å². The van der Waals surface area contributed by atoms with Crippen LogP contribution in [0.4, 0.5) is 4.39 Å². The van der Waals surface area contributed by atoms with Crippen LogP contribution in [0, 0.1) is 18.7 Å². The summed E-state index contributed by atoms with van der Waals surface area (Å²) >= 11 is 5.96. The molecule has 96 valence electrons. The number of halogens is 2. The van der Waals surface area contributed by atoms with Gasteiger partial charge in [-0.1, -0.05) is 37.9 Å². The standard InChI is InChI=1S/C13H19ClFNO/c1-4-7(2)13(17)12(16)10-9(14)6-5-8(3)11(10)15/h5-7,12-13,17H,4,16H2,1-3H3/t7?,12-,13+/m1/s1. The summed E-state index contributed by atoms with van der Waals surface area (Å²) in [5.41, 5.74) is 6.60. The first-order chi connectivity index (χ1) is 7.90. The third-order valence-electron chi connectivity index (χ3n) is 3.25. The van der Waals surface area contributed by atoms with Crippen molar-refractivity contribution in [3.05, 3.63) is 34.1 Å². The third kappa shape index (κ3) is 2.97. The van der Waals surface area contributed by atoms with Crippen molar-refractivity contribution < 1.29 is 9.50 Å². The summed E-state index contributed by atoms with van der Waals surface area (Å²) < 4.78 is 14.0. The topological polar surface area (TPSA) is 46.2 Å². The highest BCUT2D eigenvalue weighted by Gasteiger charge is 2.26. The van der Waals surface area contributed by atoms with Gasteiger partial charge in [0, 0.05) is 10.6 Å². The van der Waals surface area contributed by atoms with Crippen molar-refractivity contribution in [2.75, 3.05) is 0 Å². The predicted octanol–water partition coefficient (Wildman–Crippen LogP) is 3.19. The maximum Gasteiger partial charge on any atom is 0.132 e. The van der Waals surface area contributed by atoms with Gasteiger partial charge in [0.2, 0.25) is 0 Å². The number of aliphatic hydroxyl groups excluding tert-OH is 1. The van der Waals surface area contributed by atoms with Gasteiger partial charge in [-0.05, 0) is 24.5 Å². The smallest absolute Gasteiger partial charge is 0.132 e. The second-order valence-electron chi connectivity index (χ2n) is 4.49. The Morgan fingerprint density at radius 3 is 2.59 bits per heavy atom. The Hall–Kier alpha value is -0.640. The van der Waals surface area contributed by atoms with Crippen molar-refractivity contribution in [3.8, 4) is 0 Å². The lowest BCUT2D eigenvalue weighted by atomic mass is 9.90. The average Bonchev–Trinajstić information content (AvgIpc) is 2.32. The van der Waals surface area contributed by atoms with Gasteiger partial charge < -0.3 is 10.8 Å². The van der Waals surface area contributed by atoms with Crippen LogP contribution >= 0.6 is 11.6 Å². The quantitative estimate of drug-likeness (QED) is 0.872. The van der Waals surface area contributed by atoms with Crippen LogP contribution in [0.2, 0.25) is 5.02 Å². The van der Waals surface area contributed by atoms with E-state index >= 15 is 0 Å². The zero-order valence-corrected chi connectivity index (χ0v) is 11.1. The van der Waals surface area contributed by atoms with Gasteiger partial charge in [-0.2, -0.15) is 0 Å². The van der Waals surface area contributed by atoms with Crippen LogP contribution in [-0.4, -0.2) is 11.2 Å². The van der Waals surface area contributed by atoms with Crippen molar-refractivity contribution in [2.45, 2.75) is 39.3 Å². The van der Waals surface area contributed by atoms with Crippen LogP contribution in [0.5, 0.6) is 0 Å². The molecule has 0 aliphatic rings. The fraction of sp³-hybridized carbons (Fsp3) is 0.538. The number of nitrogens with two attached hydrogens (primary N) is 1. The number of hydrogen-bond acceptors (Lipinski definition) is 2. The molecule has 1 aromatic carbocycles. The third-order valence-corrected chi connectivity index (χ3v) is 3.58. The lowest BCUT2D eigenvalue weighted by Gasteiger charge is -2.25. The molecule has 0 spiro atoms. The minimum Gasteiger partial charge on any atom is -0.391 e. The molecule has 4 heteroatoms. The molecule has 3 atom stereocenters. The Balaban J connectivity index is 3.11. The molecule has 0 radical (unpaired) electrons. The van der Waals surface area contributed by atoms with Crippen molar-refractivity contribution in [1.29, 1.82) is 0 Å². The Labute approximate surface area is 107 Å². The van der Waals surface area contributed by atoms with Crippen molar-refractivity contribution in [3.63, 3.8) is 0 Å². The van der Waals surface area contributed by atoms with Gasteiger partial charge in [-0.25, -0.2) is 4.39 Å². The van der Waals surface area contributed by atoms with E-state index in [0.29, 0.717) is 5.56 Å². The van der Waals surface area contributed by atoms with Gasteiger partial charge in [-0.3, -0.25) is 0 Å². The zero-order valence-electron chi connectivity index (χ0n) is 10.4. The molecule has 3 N–H and O–H groups in total. The minimum absolute atomic E-state index is 0.000906. The molecular weight excluding hydrogens is 241 g/mol. The van der Waals surface area contributed by atoms with Crippen molar-refractivity contribution in [2.24, 2.45) is 11.7 Å². The minimum atomic E-state index is -0.797. The highest BCUT2D eigenvalue weighted by molar-refractivity contribution is 6.31. The van der Waals surface area contributed by atoms with E-state index in [4.69, 9.17) is 17.3 Å². The first kappa shape index (κ1) is 14.4. The van der Waals surface area contributed by atoms with Crippen LogP contribution in [0.3, 0.4) is 0 Å². The van der Waals surface area contributed by atoms with Crippen LogP contribution in [0.15, 0.2) is 12.1 Å². The molecule has 0 saturated carbocycles. The van der Waals surface area contributed by atoms with E-state index in [9.17, 15) is 9.50 Å². The normalized spacial score (nSPS) is 16.6. The number of aliphatic hydroxyl groups is 1. The van der Waals surface area contributed by atoms with E-state index in [1.54, 1.807) is 19.1 Å². The Morgan fingerprint density at radius 2 is 2.06 bits per heavy atom. The summed E-state index contributed by atoms with van der Waals surface area (Å²) in [5, 5.41) is 10.3. The molecule has 0 aliphatic carbocycles. The average molecular weight is 260 g/mol. The van der Waals surface area contributed by atoms with Crippen LogP contribution < -0.4 is 5.73 Å². The van der Waals surface area contributed by atoms with E-state index in [1.807, 2.05) is 13.8 Å². The summed E-state index contributed by atoms with van der Waals surface area (Å²) in [4.78, 5) is 0. The molecule has 0 bridgehead atoms. The van der Waals surface area contributed by atoms with Crippen molar-refractivity contribution in [1.82, 2.24) is 0 Å². The Kier molecular flexibility index (Phi) is 4.92. The van der Waals surface area contributed by atoms with E-state index in [2.05, 4.69) is 0 Å². The molecule has 0 aliphatic heterocycles. The lowest BCUT2D eigenvalue weighted by Crippen LogP contribution is -2.32. The fourth-order valence-electron chi connectivity index (χ4n) is 1.75. The maximum absolute atomic E-state index is 14.0. The zero-order chi connectivity index (χ0) is 13.2. The molecule has 0 aromatic heterocycles. The number of benzene rings is 1. The monoisotopic (exact) mass is 259 g/mol. The predicted molar refractivity (Wildman–Crippen MR) is 68.5 cm³/mol. The summed E-state index contributed by atoms with van der Waals surface area (Å²) in [6.45, 7) is 5.48. The van der Waals surface area contributed by atoms with Gasteiger partial charge in [0.05, 0.1) is 12.1 Å². The van der Waals surface area contributed by atoms with E-state index in [-0.39, 0.29) is 16.5 Å². The molecule has 17 heavy (non-hydrogen) atoms. The van der Waals surface area contributed by atoms with Gasteiger partial charge in [0.15, 0.2) is 0 Å². The lowest BCUT2D eigenvalue weighted by molar-refractivity contribution is 0.0867. The second kappa shape index (κ2) is 5.80. The molecule has 0 amide bonds. The van der Waals surface area contributed by atoms with Crippen molar-refractivity contribution >= 4 is 11.6 Å². The SMILES string of the molecule is CCC(C)[C@H](O)[C@H](N)c1c(Cl)ccc(C)c1F. The fourth-order valence-corrected chi connectivity index (χ4v) is 2.02. The van der Waals surface area contributed by atoms with Crippen LogP contribution in [0.1, 0.15) is 37.4 Å². The molecular formula is C13H19ClFNO. The number of aryl methyl sites for hydroxylation is 1. The molecule has 0 saturated heterocycles. The largest absolute Gasteiger partial charge is 0.391 e. The second-order valence-corrected chi connectivity index (χ2v) is 4.90. The molecule has 1 unspecified atom stereocenters. The van der Waals surface area contributed by atoms with Gasteiger partial charge in [0.1, 0.15) is 5.82 Å². The molecule has 1 aromatic rings. The summed E-state index contributed by atoms with van der Waals surface area (Å²) in [6, 6.07) is 2.42. The Morgan fingerprint density at radius 1 is 1.47 bits per heavy atom. The Bertz CT molecular complexity index is 397. The summed E-state index contributed by atoms with van der Waals surface area (Å²) in [6.07, 6.45) is -0.0197. The highest BCUT2D eigenvalue weighted by atomic mass is 35.5. The van der Waals surface area contributed by atoms with Gasteiger partial charge >= 0.3 is 0 Å². The number of rotatable bonds is 4. The van der Waals surface area contributed by atoms with E-state index < -0.39 is 18.0 Å². The van der Waals surface area contributed by atoms with E-state index in [0.717, 1.165) is 6.42 Å². The molecule has 0 heterocycles. The molecule has 0 fully saturated rings. The van der Waals surface area contributed by atoms with Crippen LogP contribution in [-0.2, 0) is 0 Å². The number of hydrogen-bond donors (Lipinski definition) is 2. The molecule has 1 rings (SSSR count). The molecule has 2 nitrogen and oxygen atoms in total. The maximum atomic E-state index is 14.0. The first-order valence-electron chi connectivity index (χ1n) is 5.78. The van der Waals surface area contributed by atoms with Crippen LogP contribution in [0.25, 0.3) is 0 Å². The van der Waals surface area contributed by atoms with Gasteiger partial charge in [0.25, 0.3) is 0 Å². The highest BCUT2D eigenvalue weighted by Crippen LogP contribution is 2.31. The van der Waals surface area contributed by atoms with E-state index in [1.165, 1.54) is 0 Å². The first-order valence-corrected chi connectivity index (χ1v) is 6.16. The summed E-state index contributed by atoms with van der Waals surface area (Å²) in [7, 11) is 0.